The average molecular weight is 1550 g/mol. The number of benzene rings is 18. The van der Waals surface area contributed by atoms with Gasteiger partial charge in [0, 0.05) is 81.1 Å². The van der Waals surface area contributed by atoms with E-state index in [4.69, 9.17) is 24.4 Å². The van der Waals surface area contributed by atoms with Crippen molar-refractivity contribution in [2.75, 3.05) is 0 Å². The molecule has 0 aliphatic heterocycles. The van der Waals surface area contributed by atoms with Crippen molar-refractivity contribution in [3.05, 3.63) is 388 Å². The molecule has 8 heterocycles. The van der Waals surface area contributed by atoms with Crippen molar-refractivity contribution in [1.82, 2.24) is 38.2 Å². The smallest absolute Gasteiger partial charge is 0.236 e. The van der Waals surface area contributed by atoms with Crippen molar-refractivity contribution in [1.29, 1.82) is 5.26 Å². The number of hydrogen-bond donors (Lipinski definition) is 0. The number of rotatable bonds is 8. The molecule has 8 aromatic heterocycles. The Hall–Kier alpha value is -16.1. The van der Waals surface area contributed by atoms with E-state index in [1.54, 1.807) is 11.3 Å². The molecular weight excluding hydrogens is 1480 g/mol. The Morgan fingerprint density at radius 1 is 0.258 bits per heavy atom. The molecule has 0 bridgehead atoms. The molecule has 10 nitrogen and oxygen atoms in total. The molecule has 0 amide bonds. The Morgan fingerprint density at radius 3 is 1.23 bits per heavy atom. The number of para-hydroxylation sites is 4. The van der Waals surface area contributed by atoms with Gasteiger partial charge in [-0.25, -0.2) is 19.9 Å². The minimum absolute atomic E-state index is 0.568. The molecule has 0 unspecified atom stereocenters. The zero-order valence-electron chi connectivity index (χ0n) is 64.2. The van der Waals surface area contributed by atoms with E-state index in [2.05, 4.69) is 382 Å². The van der Waals surface area contributed by atoms with Crippen LogP contribution in [0.25, 0.3) is 241 Å². The van der Waals surface area contributed by atoms with Gasteiger partial charge in [-0.3, -0.25) is 9.13 Å². The second-order valence-electron chi connectivity index (χ2n) is 31.1. The number of furan rings is 1. The zero-order chi connectivity index (χ0) is 78.8. The summed E-state index contributed by atoms with van der Waals surface area (Å²) in [5.41, 5.74) is 22.8. The summed E-state index contributed by atoms with van der Waals surface area (Å²) in [6.07, 6.45) is 0. The van der Waals surface area contributed by atoms with E-state index in [1.165, 1.54) is 86.0 Å². The Labute approximate surface area is 689 Å². The van der Waals surface area contributed by atoms with Gasteiger partial charge in [0.05, 0.1) is 71.7 Å². The van der Waals surface area contributed by atoms with Gasteiger partial charge in [0.15, 0.2) is 5.58 Å². The van der Waals surface area contributed by atoms with Gasteiger partial charge in [-0.05, 0) is 193 Å². The monoisotopic (exact) mass is 1550 g/mol. The van der Waals surface area contributed by atoms with Crippen molar-refractivity contribution in [3.63, 3.8) is 0 Å². The second kappa shape index (κ2) is 26.5. The summed E-state index contributed by atoms with van der Waals surface area (Å²) < 4.78 is 18.4. The normalized spacial score (nSPS) is 12.0. The summed E-state index contributed by atoms with van der Waals surface area (Å²) in [4.78, 5) is 22.2. The van der Waals surface area contributed by atoms with Gasteiger partial charge in [-0.15, -0.1) is 11.3 Å². The van der Waals surface area contributed by atoms with E-state index in [-0.39, 0.29) is 0 Å². The van der Waals surface area contributed by atoms with E-state index >= 15 is 0 Å². The van der Waals surface area contributed by atoms with Gasteiger partial charge in [0.25, 0.3) is 0 Å². The molecule has 18 aromatic carbocycles. The number of nitriles is 1. The summed E-state index contributed by atoms with van der Waals surface area (Å²) in [5.74, 6) is 1.23. The molecule has 0 spiro atoms. The minimum Gasteiger partial charge on any atom is -0.452 e. The fraction of sp³-hybridized carbons (Fsp3) is 0. The summed E-state index contributed by atoms with van der Waals surface area (Å²) in [6.45, 7) is 0. The average Bonchev–Trinajstić information content (AvgIpc) is 1.56. The third-order valence-electron chi connectivity index (χ3n) is 24.4. The highest BCUT2D eigenvalue weighted by molar-refractivity contribution is 7.26. The van der Waals surface area contributed by atoms with Gasteiger partial charge >= 0.3 is 0 Å². The number of thiophene rings is 1. The number of aromatic nitrogens is 8. The fourth-order valence-electron chi connectivity index (χ4n) is 18.9. The largest absolute Gasteiger partial charge is 0.452 e. The first-order valence-corrected chi connectivity index (χ1v) is 41.2. The molecule has 120 heavy (non-hydrogen) atoms. The molecule has 11 heteroatoms. The molecule has 26 rings (SSSR count). The van der Waals surface area contributed by atoms with E-state index in [0.717, 1.165) is 126 Å². The third kappa shape index (κ3) is 10.4. The highest BCUT2D eigenvalue weighted by Crippen LogP contribution is 2.48. The van der Waals surface area contributed by atoms with Crippen molar-refractivity contribution in [3.8, 4) is 74.1 Å². The van der Waals surface area contributed by atoms with Gasteiger partial charge in [-0.1, -0.05) is 255 Å². The summed E-state index contributed by atoms with van der Waals surface area (Å²) in [6, 6.07) is 138. The van der Waals surface area contributed by atoms with Crippen LogP contribution in [0.2, 0.25) is 0 Å². The topological polar surface area (TPSA) is 108 Å². The Morgan fingerprint density at radius 2 is 0.675 bits per heavy atom. The van der Waals surface area contributed by atoms with Crippen LogP contribution in [0, 0.1) is 11.3 Å². The minimum atomic E-state index is 0.568. The standard InChI is InChI=1S/C55H31N5O.C54H32N4S/c56-32-33-18-20-34(21-19-33)38-22-25-43-50(31-38)61-54-52(39-24-26-47-44(29-39)42-16-8-9-17-46(42)59(47)40-13-2-1-3-14-40)57-55(58-53(43)54)60-48-27-23-35-10-6-7-15-41(35)51(48)45-28-36-11-4-5-12-37(36)30-49(45)60;1-3-13-33(14-4-1)37-23-26-42-49(32-37)59-53-51(38-25-27-46-43(30-38)41-21-11-12-22-45(41)57(46)39-18-5-2-6-19-39)55-54(56-52(42)53)58-47-28-24-34-15-9-10-20-40(34)50(47)44-29-35-16-7-8-17-36(35)31-48(44)58/h1-31H;1-32H. The zero-order valence-corrected chi connectivity index (χ0v) is 65.0. The van der Waals surface area contributed by atoms with Crippen LogP contribution in [-0.2, 0) is 0 Å². The van der Waals surface area contributed by atoms with Crippen LogP contribution in [0.5, 0.6) is 0 Å². The molecule has 26 aromatic rings. The van der Waals surface area contributed by atoms with Gasteiger partial charge in [-0.2, -0.15) is 5.26 Å². The van der Waals surface area contributed by atoms with Crippen LogP contribution >= 0.6 is 11.3 Å². The van der Waals surface area contributed by atoms with Gasteiger partial charge < -0.3 is 13.6 Å². The van der Waals surface area contributed by atoms with E-state index in [9.17, 15) is 5.26 Å². The summed E-state index contributed by atoms with van der Waals surface area (Å²) >= 11 is 1.78. The predicted molar refractivity (Wildman–Crippen MR) is 498 cm³/mol. The molecule has 0 saturated carbocycles. The maximum Gasteiger partial charge on any atom is 0.236 e. The lowest BCUT2D eigenvalue weighted by atomic mass is 10.0. The third-order valence-corrected chi connectivity index (χ3v) is 25.6. The Balaban J connectivity index is 0.000000133. The van der Waals surface area contributed by atoms with Crippen LogP contribution in [0.1, 0.15) is 5.56 Å². The van der Waals surface area contributed by atoms with Crippen molar-refractivity contribution >= 4 is 184 Å². The molecule has 0 aliphatic rings. The lowest BCUT2D eigenvalue weighted by Gasteiger charge is -2.11. The van der Waals surface area contributed by atoms with Crippen LogP contribution in [0.3, 0.4) is 0 Å². The number of fused-ring (bicyclic) bond motifs is 24. The molecule has 0 fully saturated rings. The molecule has 0 radical (unpaired) electrons. The summed E-state index contributed by atoms with van der Waals surface area (Å²) in [5, 5.41) is 30.4. The first-order valence-electron chi connectivity index (χ1n) is 40.4. The van der Waals surface area contributed by atoms with Crippen LogP contribution in [-0.4, -0.2) is 38.2 Å². The Kier molecular flexibility index (Phi) is 14.8. The Bertz CT molecular complexity index is 8870. The van der Waals surface area contributed by atoms with Gasteiger partial charge in [0.2, 0.25) is 11.9 Å². The SMILES string of the molecule is N#Cc1ccc(-c2ccc3c(c2)oc2c(-c4ccc5c(c4)c4ccccc4n5-c4ccccc4)nc(-n4c5cc6ccccc6cc5c5c6ccccc6ccc54)nc23)cc1.c1ccc(-c2ccc3c(c2)sc2c(-c4ccc5c(c4)c4ccccc4n5-c4ccccc4)nc(-n4c5cc6ccccc6cc5c5c6ccccc6ccc54)nc23)cc1. The first-order chi connectivity index (χ1) is 59.4. The number of hydrogen-bond acceptors (Lipinski definition) is 7. The molecule has 0 N–H and O–H groups in total. The van der Waals surface area contributed by atoms with Crippen molar-refractivity contribution < 1.29 is 4.42 Å². The quantitative estimate of drug-likeness (QED) is 0.150. The van der Waals surface area contributed by atoms with Crippen LogP contribution in [0.15, 0.2) is 387 Å². The highest BCUT2D eigenvalue weighted by Gasteiger charge is 2.27. The summed E-state index contributed by atoms with van der Waals surface area (Å²) in [7, 11) is 0. The van der Waals surface area contributed by atoms with Crippen molar-refractivity contribution in [2.24, 2.45) is 0 Å². The maximum absolute atomic E-state index is 9.43. The molecule has 0 atom stereocenters. The number of nitrogens with zero attached hydrogens (tertiary/aromatic N) is 9. The molecular formula is C109H63N9OS. The van der Waals surface area contributed by atoms with E-state index in [0.29, 0.717) is 34.3 Å². The molecule has 0 aliphatic carbocycles. The highest BCUT2D eigenvalue weighted by atomic mass is 32.1. The van der Waals surface area contributed by atoms with E-state index in [1.807, 2.05) is 24.3 Å². The lowest BCUT2D eigenvalue weighted by molar-refractivity contribution is 0.667. The van der Waals surface area contributed by atoms with Crippen molar-refractivity contribution in [2.45, 2.75) is 0 Å². The second-order valence-corrected chi connectivity index (χ2v) is 32.1. The first kappa shape index (κ1) is 67.2. The fourth-order valence-corrected chi connectivity index (χ4v) is 20.1. The van der Waals surface area contributed by atoms with Crippen LogP contribution < -0.4 is 0 Å². The predicted octanol–water partition coefficient (Wildman–Crippen LogP) is 28.8. The lowest BCUT2D eigenvalue weighted by Crippen LogP contribution is -2.03. The molecule has 556 valence electrons. The van der Waals surface area contributed by atoms with E-state index < -0.39 is 0 Å². The molecule has 0 saturated heterocycles. The van der Waals surface area contributed by atoms with Gasteiger partial charge in [0.1, 0.15) is 16.8 Å². The maximum atomic E-state index is 9.43. The van der Waals surface area contributed by atoms with Crippen LogP contribution in [0.4, 0.5) is 0 Å².